The Morgan fingerprint density at radius 1 is 1.10 bits per heavy atom. The number of nitrogens with zero attached hydrogens (tertiary/aromatic N) is 4. The van der Waals surface area contributed by atoms with Gasteiger partial charge in [0.25, 0.3) is 0 Å². The molecule has 6 heteroatoms. The molecule has 0 radical (unpaired) electrons. The molecule has 30 heavy (non-hydrogen) atoms. The molecule has 156 valence electrons. The quantitative estimate of drug-likeness (QED) is 0.336. The van der Waals surface area contributed by atoms with Gasteiger partial charge in [-0.05, 0) is 81.0 Å². The molecule has 1 aliphatic rings. The second-order valence-corrected chi connectivity index (χ2v) is 10.2. The van der Waals surface area contributed by atoms with Crippen LogP contribution in [0, 0.1) is 20.4 Å². The van der Waals surface area contributed by atoms with Crippen LogP contribution in [0.2, 0.25) is 0 Å². The van der Waals surface area contributed by atoms with Crippen LogP contribution >= 0.6 is 31.9 Å². The SMILES string of the molecule is [C-]#[N+]C1CCN(c2cc(C)nc3c2c(C)cn3-c2c(Br)cc(C(C)C)cc2Br)CC1. The zero-order valence-electron chi connectivity index (χ0n) is 17.8. The van der Waals surface area contributed by atoms with Crippen molar-refractivity contribution in [2.24, 2.45) is 0 Å². The Labute approximate surface area is 195 Å². The molecule has 1 saturated heterocycles. The van der Waals surface area contributed by atoms with Gasteiger partial charge >= 0.3 is 0 Å². The summed E-state index contributed by atoms with van der Waals surface area (Å²) < 4.78 is 4.31. The zero-order valence-corrected chi connectivity index (χ0v) is 21.0. The fourth-order valence-corrected chi connectivity index (χ4v) is 5.92. The van der Waals surface area contributed by atoms with Gasteiger partial charge in [-0.3, -0.25) is 4.57 Å². The van der Waals surface area contributed by atoms with Gasteiger partial charge in [-0.1, -0.05) is 13.8 Å². The lowest BCUT2D eigenvalue weighted by Gasteiger charge is -2.30. The Balaban J connectivity index is 1.87. The fourth-order valence-electron chi connectivity index (χ4n) is 4.32. The summed E-state index contributed by atoms with van der Waals surface area (Å²) >= 11 is 7.62. The highest BCUT2D eigenvalue weighted by Crippen LogP contribution is 2.39. The van der Waals surface area contributed by atoms with Gasteiger partial charge in [-0.25, -0.2) is 11.6 Å². The van der Waals surface area contributed by atoms with Crippen LogP contribution in [0.1, 0.15) is 49.4 Å². The number of aromatic nitrogens is 2. The highest BCUT2D eigenvalue weighted by atomic mass is 79.9. The molecule has 0 spiro atoms. The van der Waals surface area contributed by atoms with E-state index in [0.29, 0.717) is 5.92 Å². The molecule has 4 rings (SSSR count). The first-order valence-electron chi connectivity index (χ1n) is 10.4. The highest BCUT2D eigenvalue weighted by molar-refractivity contribution is 9.11. The molecule has 0 bridgehead atoms. The molecule has 0 N–H and O–H groups in total. The van der Waals surface area contributed by atoms with Gasteiger partial charge in [0.1, 0.15) is 5.65 Å². The van der Waals surface area contributed by atoms with Crippen molar-refractivity contribution >= 4 is 48.6 Å². The topological polar surface area (TPSA) is 25.4 Å². The predicted octanol–water partition coefficient (Wildman–Crippen LogP) is 7.18. The summed E-state index contributed by atoms with van der Waals surface area (Å²) in [6, 6.07) is 6.77. The molecule has 0 saturated carbocycles. The fraction of sp³-hybridized carbons (Fsp3) is 0.417. The van der Waals surface area contributed by atoms with E-state index in [9.17, 15) is 0 Å². The molecular formula is C24H26Br2N4. The van der Waals surface area contributed by atoms with Crippen LogP contribution in [0.4, 0.5) is 5.69 Å². The number of piperidine rings is 1. The van der Waals surface area contributed by atoms with Crippen molar-refractivity contribution in [1.82, 2.24) is 9.55 Å². The first kappa shape index (κ1) is 21.4. The van der Waals surface area contributed by atoms with Gasteiger partial charge in [0.2, 0.25) is 6.04 Å². The van der Waals surface area contributed by atoms with Gasteiger partial charge < -0.3 is 9.74 Å². The van der Waals surface area contributed by atoms with Gasteiger partial charge in [0.15, 0.2) is 0 Å². The number of rotatable bonds is 3. The van der Waals surface area contributed by atoms with E-state index >= 15 is 0 Å². The predicted molar refractivity (Wildman–Crippen MR) is 132 cm³/mol. The number of anilines is 1. The van der Waals surface area contributed by atoms with Crippen LogP contribution in [-0.2, 0) is 0 Å². The Morgan fingerprint density at radius 3 is 2.30 bits per heavy atom. The van der Waals surface area contributed by atoms with E-state index < -0.39 is 0 Å². The van der Waals surface area contributed by atoms with Crippen LogP contribution in [0.25, 0.3) is 21.6 Å². The highest BCUT2D eigenvalue weighted by Gasteiger charge is 2.26. The Kier molecular flexibility index (Phi) is 5.96. The maximum atomic E-state index is 7.33. The van der Waals surface area contributed by atoms with Gasteiger partial charge in [0, 0.05) is 57.8 Å². The molecule has 1 aliphatic heterocycles. The molecular weight excluding hydrogens is 504 g/mol. The maximum absolute atomic E-state index is 7.33. The lowest BCUT2D eigenvalue weighted by Crippen LogP contribution is -2.35. The second-order valence-electron chi connectivity index (χ2n) is 8.50. The summed E-state index contributed by atoms with van der Waals surface area (Å²) in [6.07, 6.45) is 4.05. The number of fused-ring (bicyclic) bond motifs is 1. The molecule has 0 unspecified atom stereocenters. The molecule has 0 amide bonds. The lowest BCUT2D eigenvalue weighted by molar-refractivity contribution is 0.549. The van der Waals surface area contributed by atoms with E-state index in [0.717, 1.165) is 51.9 Å². The summed E-state index contributed by atoms with van der Waals surface area (Å²) in [4.78, 5) is 11.1. The number of hydrogen-bond donors (Lipinski definition) is 0. The van der Waals surface area contributed by atoms with E-state index in [1.54, 1.807) is 0 Å². The van der Waals surface area contributed by atoms with E-state index in [1.807, 2.05) is 0 Å². The molecule has 1 aromatic carbocycles. The third-order valence-electron chi connectivity index (χ3n) is 5.99. The standard InChI is InChI=1S/C24H26Br2N4/c1-14(2)17-11-19(25)23(20(26)12-17)30-13-15(3)22-21(10-16(4)28-24(22)30)29-8-6-18(27-5)7-9-29/h10-14,18H,6-9H2,1-4H3. The third kappa shape index (κ3) is 3.78. The summed E-state index contributed by atoms with van der Waals surface area (Å²) in [5.74, 6) is 0.458. The number of halogens is 2. The van der Waals surface area contributed by atoms with Crippen molar-refractivity contribution in [2.75, 3.05) is 18.0 Å². The largest absolute Gasteiger partial charge is 0.370 e. The summed E-state index contributed by atoms with van der Waals surface area (Å²) in [7, 11) is 0. The number of pyridine rings is 1. The minimum atomic E-state index is 0.164. The van der Waals surface area contributed by atoms with Crippen molar-refractivity contribution in [3.8, 4) is 5.69 Å². The normalized spacial score (nSPS) is 15.2. The van der Waals surface area contributed by atoms with E-state index in [4.69, 9.17) is 11.6 Å². The Bertz CT molecular complexity index is 1130. The monoisotopic (exact) mass is 528 g/mol. The van der Waals surface area contributed by atoms with E-state index in [-0.39, 0.29) is 6.04 Å². The molecule has 1 fully saturated rings. The second kappa shape index (κ2) is 8.36. The molecule has 0 atom stereocenters. The zero-order chi connectivity index (χ0) is 21.6. The summed E-state index contributed by atoms with van der Waals surface area (Å²) in [5, 5.41) is 1.20. The van der Waals surface area contributed by atoms with Crippen molar-refractivity contribution < 1.29 is 0 Å². The third-order valence-corrected chi connectivity index (χ3v) is 7.20. The number of aryl methyl sites for hydroxylation is 2. The summed E-state index contributed by atoms with van der Waals surface area (Å²) in [5.41, 5.74) is 6.81. The Hall–Kier alpha value is -1.84. The average Bonchev–Trinajstić information content (AvgIpc) is 3.02. The first-order chi connectivity index (χ1) is 14.3. The van der Waals surface area contributed by atoms with Gasteiger partial charge in [-0.2, -0.15) is 0 Å². The number of hydrogen-bond acceptors (Lipinski definition) is 2. The van der Waals surface area contributed by atoms with Crippen molar-refractivity contribution in [3.63, 3.8) is 0 Å². The molecule has 3 heterocycles. The molecule has 3 aromatic rings. The maximum Gasteiger partial charge on any atom is 0.227 e. The number of benzene rings is 1. The van der Waals surface area contributed by atoms with Crippen LogP contribution in [0.5, 0.6) is 0 Å². The minimum absolute atomic E-state index is 0.164. The Morgan fingerprint density at radius 2 is 1.73 bits per heavy atom. The summed E-state index contributed by atoms with van der Waals surface area (Å²) in [6.45, 7) is 17.8. The lowest BCUT2D eigenvalue weighted by atomic mass is 10.0. The average molecular weight is 530 g/mol. The van der Waals surface area contributed by atoms with E-state index in [1.165, 1.54) is 22.2 Å². The van der Waals surface area contributed by atoms with Crippen molar-refractivity contribution in [1.29, 1.82) is 0 Å². The van der Waals surface area contributed by atoms with Gasteiger partial charge in [-0.15, -0.1) is 0 Å². The first-order valence-corrected chi connectivity index (χ1v) is 12.0. The molecule has 4 nitrogen and oxygen atoms in total. The minimum Gasteiger partial charge on any atom is -0.370 e. The van der Waals surface area contributed by atoms with E-state index in [2.05, 4.69) is 98.3 Å². The van der Waals surface area contributed by atoms with Crippen LogP contribution in [0.15, 0.2) is 33.3 Å². The smallest absolute Gasteiger partial charge is 0.227 e. The van der Waals surface area contributed by atoms with Crippen LogP contribution < -0.4 is 4.90 Å². The van der Waals surface area contributed by atoms with Gasteiger partial charge in [0.05, 0.1) is 5.69 Å². The molecule has 0 aliphatic carbocycles. The van der Waals surface area contributed by atoms with Crippen LogP contribution in [0.3, 0.4) is 0 Å². The van der Waals surface area contributed by atoms with Crippen molar-refractivity contribution in [3.05, 3.63) is 61.6 Å². The van der Waals surface area contributed by atoms with Crippen LogP contribution in [-0.4, -0.2) is 28.7 Å². The molecule has 2 aromatic heterocycles. The van der Waals surface area contributed by atoms with Crippen molar-refractivity contribution in [2.45, 2.75) is 52.5 Å².